The zero-order valence-corrected chi connectivity index (χ0v) is 20.6. The van der Waals surface area contributed by atoms with E-state index in [1.807, 2.05) is 18.7 Å². The summed E-state index contributed by atoms with van der Waals surface area (Å²) < 4.78 is 44.9. The Balaban J connectivity index is 1.95. The third-order valence-electron chi connectivity index (χ3n) is 6.08. The molecule has 0 bridgehead atoms. The minimum Gasteiger partial charge on any atom is -0.469 e. The number of carbonyl (C=O) groups excluding carboxylic acids is 1. The van der Waals surface area contributed by atoms with Crippen LogP contribution >= 0.6 is 12.2 Å². The Morgan fingerprint density at radius 3 is 2.29 bits per heavy atom. The highest BCUT2D eigenvalue weighted by atomic mass is 32.1. The van der Waals surface area contributed by atoms with Crippen molar-refractivity contribution in [2.24, 2.45) is 0 Å². The van der Waals surface area contributed by atoms with E-state index in [9.17, 15) is 18.0 Å². The molecule has 6 nitrogen and oxygen atoms in total. The lowest BCUT2D eigenvalue weighted by atomic mass is 10.0. The van der Waals surface area contributed by atoms with E-state index in [1.54, 1.807) is 6.07 Å². The maximum absolute atomic E-state index is 13.4. The van der Waals surface area contributed by atoms with E-state index in [-0.39, 0.29) is 22.6 Å². The van der Waals surface area contributed by atoms with Crippen LogP contribution in [0.2, 0.25) is 0 Å². The van der Waals surface area contributed by atoms with Crippen molar-refractivity contribution in [3.63, 3.8) is 0 Å². The third kappa shape index (κ3) is 6.47. The second-order valence-electron chi connectivity index (χ2n) is 8.82. The maximum atomic E-state index is 13.4. The Morgan fingerprint density at radius 2 is 1.74 bits per heavy atom. The lowest BCUT2D eigenvalue weighted by molar-refractivity contribution is -0.140. The number of nitrogens with one attached hydrogen (secondary N) is 1. The smallest absolute Gasteiger partial charge is 0.417 e. The van der Waals surface area contributed by atoms with Gasteiger partial charge in [-0.05, 0) is 57.1 Å². The molecule has 34 heavy (non-hydrogen) atoms. The van der Waals surface area contributed by atoms with Crippen molar-refractivity contribution < 1.29 is 22.7 Å². The van der Waals surface area contributed by atoms with Crippen molar-refractivity contribution in [3.8, 4) is 6.07 Å². The van der Waals surface area contributed by atoms with Crippen molar-refractivity contribution >= 4 is 34.8 Å². The van der Waals surface area contributed by atoms with Crippen LogP contribution in [0.25, 0.3) is 0 Å². The van der Waals surface area contributed by atoms with Crippen LogP contribution in [0.1, 0.15) is 76.3 Å². The van der Waals surface area contributed by atoms with Crippen LogP contribution in [0, 0.1) is 16.7 Å². The molecule has 0 aromatic heterocycles. The van der Waals surface area contributed by atoms with Crippen molar-refractivity contribution in [3.05, 3.63) is 29.3 Å². The van der Waals surface area contributed by atoms with Gasteiger partial charge in [0.2, 0.25) is 0 Å². The highest BCUT2D eigenvalue weighted by Crippen LogP contribution is 2.38. The van der Waals surface area contributed by atoms with Gasteiger partial charge in [0.25, 0.3) is 0 Å². The Hall–Kier alpha value is -2.67. The van der Waals surface area contributed by atoms with Crippen molar-refractivity contribution in [1.29, 1.82) is 10.7 Å². The second kappa shape index (κ2) is 11.6. The van der Waals surface area contributed by atoms with Gasteiger partial charge in [-0.1, -0.05) is 32.1 Å². The molecule has 1 fully saturated rings. The maximum Gasteiger partial charge on any atom is 0.417 e. The van der Waals surface area contributed by atoms with Gasteiger partial charge in [0.1, 0.15) is 5.84 Å². The summed E-state index contributed by atoms with van der Waals surface area (Å²) in [5, 5.41) is 17.9. The molecule has 186 valence electrons. The standard InChI is InChI=1S/C24H31F3N4O2S/c1-23(2)21(29)31(18-13-12-17(16-28)19(15-18)24(25,26)27)22(34)30(23)14-10-8-6-4-5-7-9-11-20(32)33-3/h12-13,15,29H,4-11,14H2,1-3H3. The Bertz CT molecular complexity index is 957. The molecule has 1 saturated heterocycles. The first-order valence-corrected chi connectivity index (χ1v) is 11.7. The van der Waals surface area contributed by atoms with Crippen LogP contribution in [0.5, 0.6) is 0 Å². The number of nitriles is 1. The molecule has 0 spiro atoms. The van der Waals surface area contributed by atoms with Crippen LogP contribution in [0.15, 0.2) is 18.2 Å². The number of alkyl halides is 3. The SMILES string of the molecule is COC(=O)CCCCCCCCCN1C(=S)N(c2ccc(C#N)c(C(F)(F)F)c2)C(=N)C1(C)C. The number of benzene rings is 1. The van der Waals surface area contributed by atoms with E-state index in [1.165, 1.54) is 18.1 Å². The molecule has 1 aliphatic heterocycles. The van der Waals surface area contributed by atoms with E-state index in [4.69, 9.17) is 22.9 Å². The van der Waals surface area contributed by atoms with Gasteiger partial charge in [-0.25, -0.2) is 0 Å². The molecule has 2 rings (SSSR count). The number of unbranched alkanes of at least 4 members (excludes halogenated alkanes) is 6. The number of hydrogen-bond acceptors (Lipinski definition) is 5. The Morgan fingerprint density at radius 1 is 1.15 bits per heavy atom. The third-order valence-corrected chi connectivity index (χ3v) is 6.48. The normalized spacial score (nSPS) is 15.6. The highest BCUT2D eigenvalue weighted by molar-refractivity contribution is 7.80. The first-order valence-electron chi connectivity index (χ1n) is 11.3. The van der Waals surface area contributed by atoms with Gasteiger partial charge in [0.05, 0.1) is 35.5 Å². The van der Waals surface area contributed by atoms with Gasteiger partial charge in [-0.3, -0.25) is 15.1 Å². The number of hydrogen-bond donors (Lipinski definition) is 1. The minimum atomic E-state index is -4.68. The summed E-state index contributed by atoms with van der Waals surface area (Å²) in [4.78, 5) is 14.3. The van der Waals surface area contributed by atoms with E-state index in [2.05, 4.69) is 4.74 Å². The Labute approximate surface area is 204 Å². The predicted octanol–water partition coefficient (Wildman–Crippen LogP) is 6.03. The van der Waals surface area contributed by atoms with Gasteiger partial charge in [0.15, 0.2) is 5.11 Å². The first-order chi connectivity index (χ1) is 15.9. The molecule has 0 unspecified atom stereocenters. The van der Waals surface area contributed by atoms with Gasteiger partial charge >= 0.3 is 12.1 Å². The molecule has 0 radical (unpaired) electrons. The number of nitrogens with zero attached hydrogens (tertiary/aromatic N) is 3. The molecule has 0 amide bonds. The molecular formula is C24H31F3N4O2S. The fourth-order valence-electron chi connectivity index (χ4n) is 4.00. The molecule has 1 aliphatic rings. The zero-order chi connectivity index (χ0) is 25.5. The lowest BCUT2D eigenvalue weighted by Gasteiger charge is -2.30. The van der Waals surface area contributed by atoms with E-state index in [0.717, 1.165) is 57.1 Å². The first kappa shape index (κ1) is 27.6. The topological polar surface area (TPSA) is 80.4 Å². The van der Waals surface area contributed by atoms with Crippen molar-refractivity contribution in [2.75, 3.05) is 18.6 Å². The fraction of sp³-hybridized carbons (Fsp3) is 0.583. The van der Waals surface area contributed by atoms with Crippen LogP contribution in [0.3, 0.4) is 0 Å². The highest BCUT2D eigenvalue weighted by Gasteiger charge is 2.46. The van der Waals surface area contributed by atoms with Crippen LogP contribution in [0.4, 0.5) is 18.9 Å². The minimum absolute atomic E-state index is 0.0981. The average Bonchev–Trinajstić information content (AvgIpc) is 2.95. The second-order valence-corrected chi connectivity index (χ2v) is 9.18. The molecule has 0 saturated carbocycles. The number of rotatable bonds is 11. The number of methoxy groups -OCH3 is 1. The number of carbonyl (C=O) groups is 1. The molecule has 10 heteroatoms. The summed E-state index contributed by atoms with van der Waals surface area (Å²) >= 11 is 5.57. The summed E-state index contributed by atoms with van der Waals surface area (Å²) in [7, 11) is 1.39. The van der Waals surface area contributed by atoms with Crippen LogP contribution in [-0.4, -0.2) is 41.0 Å². The number of amidine groups is 1. The fourth-order valence-corrected chi connectivity index (χ4v) is 4.52. The quantitative estimate of drug-likeness (QED) is 0.229. The molecule has 0 aliphatic carbocycles. The molecule has 1 aromatic carbocycles. The largest absolute Gasteiger partial charge is 0.469 e. The summed E-state index contributed by atoms with van der Waals surface area (Å²) in [6.07, 6.45) is 2.52. The summed E-state index contributed by atoms with van der Waals surface area (Å²) in [5.74, 6) is -0.0830. The Kier molecular flexibility index (Phi) is 9.45. The number of thiocarbonyl (C=S) groups is 1. The van der Waals surface area contributed by atoms with Crippen molar-refractivity contribution in [1.82, 2.24) is 4.90 Å². The summed E-state index contributed by atoms with van der Waals surface area (Å²) in [6, 6.07) is 4.98. The van der Waals surface area contributed by atoms with E-state index < -0.39 is 22.8 Å². The van der Waals surface area contributed by atoms with E-state index in [0.29, 0.717) is 13.0 Å². The predicted molar refractivity (Wildman–Crippen MR) is 129 cm³/mol. The van der Waals surface area contributed by atoms with Gasteiger partial charge < -0.3 is 9.64 Å². The molecule has 1 heterocycles. The van der Waals surface area contributed by atoms with Crippen LogP contribution < -0.4 is 4.90 Å². The van der Waals surface area contributed by atoms with Crippen molar-refractivity contribution in [2.45, 2.75) is 76.9 Å². The lowest BCUT2D eigenvalue weighted by Crippen LogP contribution is -2.44. The average molecular weight is 497 g/mol. The monoisotopic (exact) mass is 496 g/mol. The zero-order valence-electron chi connectivity index (χ0n) is 19.8. The molecule has 0 atom stereocenters. The number of halogens is 3. The van der Waals surface area contributed by atoms with E-state index >= 15 is 0 Å². The number of anilines is 1. The van der Waals surface area contributed by atoms with Gasteiger partial charge in [-0.15, -0.1) is 0 Å². The van der Waals surface area contributed by atoms with Crippen LogP contribution in [-0.2, 0) is 15.7 Å². The number of ether oxygens (including phenoxy) is 1. The molecule has 1 aromatic rings. The molecular weight excluding hydrogens is 465 g/mol. The summed E-state index contributed by atoms with van der Waals surface area (Å²) in [6.45, 7) is 4.25. The number of esters is 1. The summed E-state index contributed by atoms with van der Waals surface area (Å²) in [5.41, 5.74) is -2.14. The van der Waals surface area contributed by atoms with Gasteiger partial charge in [-0.2, -0.15) is 18.4 Å². The molecule has 1 N–H and O–H groups in total. The van der Waals surface area contributed by atoms with Gasteiger partial charge in [0, 0.05) is 13.0 Å².